The number of carbonyl (C=O) groups is 1. The number of ketones is 1. The molecular weight excluding hydrogens is 251 g/mol. The van der Waals surface area contributed by atoms with Crippen molar-refractivity contribution in [3.05, 3.63) is 35.6 Å². The van der Waals surface area contributed by atoms with Gasteiger partial charge in [0, 0.05) is 23.0 Å². The van der Waals surface area contributed by atoms with E-state index in [-0.39, 0.29) is 23.8 Å². The lowest BCUT2D eigenvalue weighted by Crippen LogP contribution is -2.15. The van der Waals surface area contributed by atoms with Gasteiger partial charge in [0.2, 0.25) is 0 Å². The van der Waals surface area contributed by atoms with Gasteiger partial charge in [-0.15, -0.1) is 0 Å². The van der Waals surface area contributed by atoms with E-state index >= 15 is 0 Å². The van der Waals surface area contributed by atoms with Gasteiger partial charge in [-0.1, -0.05) is 38.0 Å². The summed E-state index contributed by atoms with van der Waals surface area (Å²) in [4.78, 5) is 11.6. The van der Waals surface area contributed by atoms with Crippen LogP contribution < -0.4 is 0 Å². The predicted octanol–water partition coefficient (Wildman–Crippen LogP) is 2.88. The van der Waals surface area contributed by atoms with Crippen molar-refractivity contribution in [1.29, 1.82) is 0 Å². The Morgan fingerprint density at radius 2 is 2.00 bits per heavy atom. The van der Waals surface area contributed by atoms with Gasteiger partial charge in [-0.2, -0.15) is 0 Å². The van der Waals surface area contributed by atoms with E-state index in [1.54, 1.807) is 18.2 Å². The smallest absolute Gasteiger partial charge is 0.149 e. The summed E-state index contributed by atoms with van der Waals surface area (Å²) in [5.74, 6) is 0.0760. The number of benzene rings is 1. The highest BCUT2D eigenvalue weighted by molar-refractivity contribution is 7.85. The molecule has 0 heterocycles. The second-order valence-corrected chi connectivity index (χ2v) is 5.88. The lowest BCUT2D eigenvalue weighted by Gasteiger charge is -2.03. The highest BCUT2D eigenvalue weighted by Gasteiger charge is 2.11. The molecule has 1 aromatic rings. The molecule has 0 saturated carbocycles. The fraction of sp³-hybridized carbons (Fsp3) is 0.500. The van der Waals surface area contributed by atoms with Crippen LogP contribution in [0.3, 0.4) is 0 Å². The Morgan fingerprint density at radius 1 is 1.28 bits per heavy atom. The fourth-order valence-corrected chi connectivity index (χ4v) is 2.80. The molecule has 0 aliphatic rings. The van der Waals surface area contributed by atoms with Crippen molar-refractivity contribution in [3.63, 3.8) is 0 Å². The van der Waals surface area contributed by atoms with E-state index in [2.05, 4.69) is 6.92 Å². The summed E-state index contributed by atoms with van der Waals surface area (Å²) in [6.45, 7) is 2.08. The average molecular weight is 270 g/mol. The van der Waals surface area contributed by atoms with Gasteiger partial charge in [-0.3, -0.25) is 9.00 Å². The van der Waals surface area contributed by atoms with Gasteiger partial charge in [0.1, 0.15) is 11.6 Å². The fourth-order valence-electron chi connectivity index (χ4n) is 1.67. The van der Waals surface area contributed by atoms with Crippen LogP contribution in [-0.4, -0.2) is 21.5 Å². The first-order valence-corrected chi connectivity index (χ1v) is 7.72. The van der Waals surface area contributed by atoms with Crippen LogP contribution in [0.2, 0.25) is 0 Å². The molecule has 0 amide bonds. The standard InChI is InChI=1S/C14H19FO2S/c1-2-3-6-9-18(17)11-13(16)10-12-7-4-5-8-14(12)15/h4-5,7-8H,2-3,6,9-11H2,1H3. The summed E-state index contributed by atoms with van der Waals surface area (Å²) in [5, 5.41) is 0. The van der Waals surface area contributed by atoms with Gasteiger partial charge in [-0.05, 0) is 18.1 Å². The summed E-state index contributed by atoms with van der Waals surface area (Å²) >= 11 is 0. The summed E-state index contributed by atoms with van der Waals surface area (Å²) in [6, 6.07) is 6.21. The average Bonchev–Trinajstić information content (AvgIpc) is 2.32. The lowest BCUT2D eigenvalue weighted by molar-refractivity contribution is -0.116. The second-order valence-electron chi connectivity index (χ2n) is 4.30. The van der Waals surface area contributed by atoms with Crippen LogP contribution in [0, 0.1) is 5.82 Å². The molecule has 100 valence electrons. The monoisotopic (exact) mass is 270 g/mol. The molecule has 0 spiro atoms. The zero-order valence-electron chi connectivity index (χ0n) is 10.7. The largest absolute Gasteiger partial charge is 0.298 e. The number of hydrogen-bond donors (Lipinski definition) is 0. The van der Waals surface area contributed by atoms with Gasteiger partial charge in [0.05, 0.1) is 5.75 Å². The topological polar surface area (TPSA) is 34.1 Å². The number of rotatable bonds is 8. The highest BCUT2D eigenvalue weighted by Crippen LogP contribution is 2.08. The van der Waals surface area contributed by atoms with Crippen molar-refractivity contribution >= 4 is 16.6 Å². The highest BCUT2D eigenvalue weighted by atomic mass is 32.2. The molecule has 1 atom stereocenters. The van der Waals surface area contributed by atoms with Crippen LogP contribution in [-0.2, 0) is 22.0 Å². The van der Waals surface area contributed by atoms with Crippen molar-refractivity contribution in [2.75, 3.05) is 11.5 Å². The van der Waals surface area contributed by atoms with E-state index in [4.69, 9.17) is 0 Å². The van der Waals surface area contributed by atoms with Crippen molar-refractivity contribution in [2.24, 2.45) is 0 Å². The second kappa shape index (κ2) is 8.14. The molecule has 1 rings (SSSR count). The molecule has 0 aliphatic heterocycles. The summed E-state index contributed by atoms with van der Waals surface area (Å²) in [6.07, 6.45) is 3.02. The van der Waals surface area contributed by atoms with Crippen LogP contribution in [0.4, 0.5) is 4.39 Å². The molecule has 0 aromatic heterocycles. The van der Waals surface area contributed by atoms with Crippen LogP contribution in [0.25, 0.3) is 0 Å². The Hall–Kier alpha value is -1.03. The third kappa shape index (κ3) is 5.54. The molecule has 0 aliphatic carbocycles. The van der Waals surface area contributed by atoms with Gasteiger partial charge < -0.3 is 0 Å². The quantitative estimate of drug-likeness (QED) is 0.681. The number of Topliss-reactive ketones (excluding diaryl/α,β-unsaturated/α-hetero) is 1. The molecule has 0 N–H and O–H groups in total. The number of halogens is 1. The molecule has 0 fully saturated rings. The zero-order valence-corrected chi connectivity index (χ0v) is 11.5. The molecule has 0 saturated heterocycles. The van der Waals surface area contributed by atoms with E-state index in [0.717, 1.165) is 19.3 Å². The summed E-state index contributed by atoms with van der Waals surface area (Å²) < 4.78 is 24.9. The van der Waals surface area contributed by atoms with Crippen LogP contribution in [0.1, 0.15) is 31.7 Å². The molecule has 1 unspecified atom stereocenters. The van der Waals surface area contributed by atoms with Gasteiger partial charge in [0.15, 0.2) is 0 Å². The Balaban J connectivity index is 2.38. The predicted molar refractivity (Wildman–Crippen MR) is 72.5 cm³/mol. The molecular formula is C14H19FO2S. The lowest BCUT2D eigenvalue weighted by atomic mass is 10.1. The Bertz CT molecular complexity index is 418. The molecule has 1 aromatic carbocycles. The van der Waals surface area contributed by atoms with Crippen molar-refractivity contribution in [3.8, 4) is 0 Å². The summed E-state index contributed by atoms with van der Waals surface area (Å²) in [5.41, 5.74) is 0.382. The summed E-state index contributed by atoms with van der Waals surface area (Å²) in [7, 11) is -1.10. The van der Waals surface area contributed by atoms with Gasteiger partial charge in [-0.25, -0.2) is 4.39 Å². The molecule has 2 nitrogen and oxygen atoms in total. The molecule has 0 radical (unpaired) electrons. The van der Waals surface area contributed by atoms with Crippen LogP contribution in [0.15, 0.2) is 24.3 Å². The first-order valence-electron chi connectivity index (χ1n) is 6.23. The molecule has 4 heteroatoms. The van der Waals surface area contributed by atoms with Crippen molar-refractivity contribution in [1.82, 2.24) is 0 Å². The number of carbonyl (C=O) groups excluding carboxylic acids is 1. The maximum Gasteiger partial charge on any atom is 0.149 e. The van der Waals surface area contributed by atoms with Crippen LogP contribution in [0.5, 0.6) is 0 Å². The maximum absolute atomic E-state index is 13.3. The van der Waals surface area contributed by atoms with Gasteiger partial charge >= 0.3 is 0 Å². The Morgan fingerprint density at radius 3 is 2.67 bits per heavy atom. The normalized spacial score (nSPS) is 12.3. The van der Waals surface area contributed by atoms with Crippen molar-refractivity contribution in [2.45, 2.75) is 32.6 Å². The number of unbranched alkanes of at least 4 members (excludes halogenated alkanes) is 2. The van der Waals surface area contributed by atoms with Crippen LogP contribution >= 0.6 is 0 Å². The van der Waals surface area contributed by atoms with E-state index in [9.17, 15) is 13.4 Å². The van der Waals surface area contributed by atoms with E-state index in [1.807, 2.05) is 0 Å². The zero-order chi connectivity index (χ0) is 13.4. The Labute approximate surface area is 110 Å². The minimum absolute atomic E-state index is 0.0339. The van der Waals surface area contributed by atoms with E-state index < -0.39 is 10.8 Å². The molecule has 18 heavy (non-hydrogen) atoms. The minimum Gasteiger partial charge on any atom is -0.298 e. The third-order valence-electron chi connectivity index (χ3n) is 2.64. The first-order chi connectivity index (χ1) is 8.63. The number of hydrogen-bond acceptors (Lipinski definition) is 2. The van der Waals surface area contributed by atoms with E-state index in [1.165, 1.54) is 6.07 Å². The molecule has 0 bridgehead atoms. The Kier molecular flexibility index (Phi) is 6.80. The minimum atomic E-state index is -1.10. The third-order valence-corrected chi connectivity index (χ3v) is 4.03. The van der Waals surface area contributed by atoms with Gasteiger partial charge in [0.25, 0.3) is 0 Å². The van der Waals surface area contributed by atoms with E-state index in [0.29, 0.717) is 11.3 Å². The SMILES string of the molecule is CCCCCS(=O)CC(=O)Cc1ccccc1F. The van der Waals surface area contributed by atoms with Crippen molar-refractivity contribution < 1.29 is 13.4 Å². The maximum atomic E-state index is 13.3. The first kappa shape index (κ1) is 15.0.